The average Bonchev–Trinajstić information content (AvgIpc) is 3.32. The quantitative estimate of drug-likeness (QED) is 0.335. The summed E-state index contributed by atoms with van der Waals surface area (Å²) in [6, 6.07) is 9.66. The molecule has 0 spiro atoms. The van der Waals surface area contributed by atoms with E-state index in [9.17, 15) is 9.59 Å². The molecule has 4 rings (SSSR count). The Morgan fingerprint density at radius 1 is 1.16 bits per heavy atom. The van der Waals surface area contributed by atoms with Crippen LogP contribution < -0.4 is 14.4 Å². The maximum absolute atomic E-state index is 13.8. The first-order valence-corrected chi connectivity index (χ1v) is 13.4. The summed E-state index contributed by atoms with van der Waals surface area (Å²) >= 11 is 0. The number of ether oxygens (including phenoxy) is 2. The van der Waals surface area contributed by atoms with E-state index in [1.54, 1.807) is 32.3 Å². The zero-order valence-corrected chi connectivity index (χ0v) is 23.1. The number of carbonyl (C=O) groups excluding carboxylic acids is 2. The summed E-state index contributed by atoms with van der Waals surface area (Å²) in [4.78, 5) is 35.9. The fourth-order valence-corrected chi connectivity index (χ4v) is 4.74. The van der Waals surface area contributed by atoms with Gasteiger partial charge in [-0.2, -0.15) is 0 Å². The second-order valence-corrected chi connectivity index (χ2v) is 10.0. The number of nitrogens with zero attached hydrogens (tertiary/aromatic N) is 5. The number of aromatic nitrogens is 2. The molecule has 1 aliphatic rings. The summed E-state index contributed by atoms with van der Waals surface area (Å²) in [5.74, 6) is 1.32. The molecule has 1 atom stereocenters. The van der Waals surface area contributed by atoms with Crippen LogP contribution in [0.25, 0.3) is 11.0 Å². The number of hydrogen-bond donors (Lipinski definition) is 0. The lowest BCUT2D eigenvalue weighted by Gasteiger charge is -2.40. The Bertz CT molecular complexity index is 1270. The summed E-state index contributed by atoms with van der Waals surface area (Å²) in [6.07, 6.45) is 7.68. The van der Waals surface area contributed by atoms with Crippen molar-refractivity contribution in [2.45, 2.75) is 58.7 Å². The molecule has 204 valence electrons. The largest absolute Gasteiger partial charge is 0.493 e. The number of fused-ring (bicyclic) bond motifs is 1. The van der Waals surface area contributed by atoms with Crippen molar-refractivity contribution >= 4 is 28.7 Å². The number of pyridine rings is 1. The number of hydrogen-bond acceptors (Lipinski definition) is 5. The SMILES string of the molecule is CCCCCOc1cc(N2CCC(C)N(Cc3ccnc4c3ccn4CC(=O)N(C)C)C2=O)ccc1OC. The van der Waals surface area contributed by atoms with Gasteiger partial charge in [-0.3, -0.25) is 9.69 Å². The van der Waals surface area contributed by atoms with Gasteiger partial charge in [0.2, 0.25) is 5.91 Å². The third-order valence-corrected chi connectivity index (χ3v) is 7.14. The molecular weight excluding hydrogens is 482 g/mol. The fraction of sp³-hybridized carbons (Fsp3) is 0.483. The Hall–Kier alpha value is -3.75. The van der Waals surface area contributed by atoms with Gasteiger partial charge in [0, 0.05) is 62.8 Å². The zero-order chi connectivity index (χ0) is 27.2. The van der Waals surface area contributed by atoms with Crippen LogP contribution in [0.15, 0.2) is 42.7 Å². The van der Waals surface area contributed by atoms with Crippen molar-refractivity contribution in [2.24, 2.45) is 0 Å². The highest BCUT2D eigenvalue weighted by molar-refractivity contribution is 5.94. The maximum atomic E-state index is 13.8. The van der Waals surface area contributed by atoms with Crippen molar-refractivity contribution in [1.82, 2.24) is 19.4 Å². The normalized spacial score (nSPS) is 15.7. The minimum atomic E-state index is -0.0435. The van der Waals surface area contributed by atoms with Crippen LogP contribution in [0.4, 0.5) is 10.5 Å². The van der Waals surface area contributed by atoms with Gasteiger partial charge in [-0.05, 0) is 49.6 Å². The highest BCUT2D eigenvalue weighted by Crippen LogP contribution is 2.34. The lowest BCUT2D eigenvalue weighted by atomic mass is 10.1. The van der Waals surface area contributed by atoms with E-state index in [-0.39, 0.29) is 24.5 Å². The summed E-state index contributed by atoms with van der Waals surface area (Å²) < 4.78 is 13.4. The highest BCUT2D eigenvalue weighted by atomic mass is 16.5. The molecule has 0 radical (unpaired) electrons. The Morgan fingerprint density at radius 2 is 1.97 bits per heavy atom. The topological polar surface area (TPSA) is 80.1 Å². The average molecular weight is 522 g/mol. The van der Waals surface area contributed by atoms with Crippen LogP contribution in [0.3, 0.4) is 0 Å². The van der Waals surface area contributed by atoms with Crippen molar-refractivity contribution in [3.05, 3.63) is 48.3 Å². The van der Waals surface area contributed by atoms with Crippen LogP contribution in [0.1, 0.15) is 45.1 Å². The number of rotatable bonds is 11. The number of carbonyl (C=O) groups is 2. The number of urea groups is 1. The molecule has 3 heterocycles. The standard InChI is InChI=1S/C29H39N5O4/c1-6-7-8-17-38-26-18-23(9-10-25(26)37-5)33-16-12-21(2)34(29(33)36)19-22-11-14-30-28-24(22)13-15-32(28)20-27(35)31(3)4/h9-11,13-15,18,21H,6-8,12,16-17,19-20H2,1-5H3. The van der Waals surface area contributed by atoms with Crippen molar-refractivity contribution in [1.29, 1.82) is 0 Å². The van der Waals surface area contributed by atoms with Crippen molar-refractivity contribution in [3.8, 4) is 11.5 Å². The van der Waals surface area contributed by atoms with Gasteiger partial charge >= 0.3 is 6.03 Å². The number of anilines is 1. The van der Waals surface area contributed by atoms with E-state index in [1.165, 1.54) is 0 Å². The first-order chi connectivity index (χ1) is 18.3. The molecule has 0 bridgehead atoms. The van der Waals surface area contributed by atoms with Gasteiger partial charge in [0.15, 0.2) is 11.5 Å². The number of methoxy groups -OCH3 is 1. The second kappa shape index (κ2) is 12.2. The third kappa shape index (κ3) is 5.87. The zero-order valence-electron chi connectivity index (χ0n) is 23.1. The molecule has 3 amide bonds. The molecular formula is C29H39N5O4. The van der Waals surface area contributed by atoms with E-state index in [0.29, 0.717) is 31.2 Å². The van der Waals surface area contributed by atoms with Crippen LogP contribution in [0, 0.1) is 0 Å². The number of unbranched alkanes of at least 4 members (excludes halogenated alkanes) is 2. The highest BCUT2D eigenvalue weighted by Gasteiger charge is 2.32. The molecule has 1 aliphatic heterocycles. The monoisotopic (exact) mass is 521 g/mol. The Balaban J connectivity index is 1.55. The van der Waals surface area contributed by atoms with Crippen LogP contribution in [0.2, 0.25) is 0 Å². The molecule has 9 heteroatoms. The third-order valence-electron chi connectivity index (χ3n) is 7.14. The molecule has 1 saturated heterocycles. The van der Waals surface area contributed by atoms with Gasteiger partial charge in [0.25, 0.3) is 0 Å². The minimum absolute atomic E-state index is 0.00150. The fourth-order valence-electron chi connectivity index (χ4n) is 4.74. The van der Waals surface area contributed by atoms with Gasteiger partial charge in [-0.15, -0.1) is 0 Å². The van der Waals surface area contributed by atoms with Gasteiger partial charge < -0.3 is 23.8 Å². The van der Waals surface area contributed by atoms with E-state index < -0.39 is 0 Å². The first-order valence-electron chi connectivity index (χ1n) is 13.4. The molecule has 3 aromatic rings. The van der Waals surface area contributed by atoms with Crippen LogP contribution in [-0.2, 0) is 17.9 Å². The smallest absolute Gasteiger partial charge is 0.325 e. The summed E-state index contributed by atoms with van der Waals surface area (Å²) in [7, 11) is 5.11. The molecule has 0 N–H and O–H groups in total. The predicted molar refractivity (Wildman–Crippen MR) is 149 cm³/mol. The van der Waals surface area contributed by atoms with Crippen LogP contribution >= 0.6 is 0 Å². The Kier molecular flexibility index (Phi) is 8.76. The molecule has 2 aromatic heterocycles. The molecule has 0 saturated carbocycles. The van der Waals surface area contributed by atoms with Gasteiger partial charge in [0.1, 0.15) is 12.2 Å². The van der Waals surface area contributed by atoms with Crippen LogP contribution in [0.5, 0.6) is 11.5 Å². The van der Waals surface area contributed by atoms with E-state index in [0.717, 1.165) is 48.0 Å². The molecule has 0 aliphatic carbocycles. The maximum Gasteiger partial charge on any atom is 0.325 e. The minimum Gasteiger partial charge on any atom is -0.493 e. The van der Waals surface area contributed by atoms with E-state index >= 15 is 0 Å². The van der Waals surface area contributed by atoms with E-state index in [2.05, 4.69) is 18.8 Å². The lowest BCUT2D eigenvalue weighted by molar-refractivity contribution is -0.129. The van der Waals surface area contributed by atoms with E-state index in [1.807, 2.05) is 50.9 Å². The summed E-state index contributed by atoms with van der Waals surface area (Å²) in [5.41, 5.74) is 2.54. The first kappa shape index (κ1) is 27.3. The number of amides is 3. The Morgan fingerprint density at radius 3 is 2.71 bits per heavy atom. The second-order valence-electron chi connectivity index (χ2n) is 10.0. The molecule has 1 unspecified atom stereocenters. The molecule has 38 heavy (non-hydrogen) atoms. The Labute approximate surface area is 224 Å². The summed E-state index contributed by atoms with van der Waals surface area (Å²) in [5, 5.41) is 0.948. The number of likely N-dealkylation sites (N-methyl/N-ethyl adjacent to an activating group) is 1. The molecule has 9 nitrogen and oxygen atoms in total. The predicted octanol–water partition coefficient (Wildman–Crippen LogP) is 4.92. The van der Waals surface area contributed by atoms with Gasteiger partial charge in [0.05, 0.1) is 13.7 Å². The number of benzene rings is 1. The molecule has 1 fully saturated rings. The lowest BCUT2D eigenvalue weighted by Crippen LogP contribution is -2.53. The summed E-state index contributed by atoms with van der Waals surface area (Å²) in [6.45, 7) is 6.17. The van der Waals surface area contributed by atoms with Crippen LogP contribution in [-0.4, -0.2) is 71.7 Å². The van der Waals surface area contributed by atoms with Gasteiger partial charge in [-0.25, -0.2) is 9.78 Å². The van der Waals surface area contributed by atoms with Crippen molar-refractivity contribution < 1.29 is 19.1 Å². The van der Waals surface area contributed by atoms with E-state index in [4.69, 9.17) is 9.47 Å². The molecule has 1 aromatic carbocycles. The van der Waals surface area contributed by atoms with Crippen molar-refractivity contribution in [2.75, 3.05) is 39.3 Å². The van der Waals surface area contributed by atoms with Crippen molar-refractivity contribution in [3.63, 3.8) is 0 Å². The van der Waals surface area contributed by atoms with Gasteiger partial charge in [-0.1, -0.05) is 19.8 Å².